The van der Waals surface area contributed by atoms with Gasteiger partial charge in [0.05, 0.1) is 12.1 Å². The molecule has 1 amide bonds. The predicted molar refractivity (Wildman–Crippen MR) is 86.3 cm³/mol. The lowest BCUT2D eigenvalue weighted by molar-refractivity contribution is -0.121. The van der Waals surface area contributed by atoms with Gasteiger partial charge in [-0.3, -0.25) is 9.69 Å². The lowest BCUT2D eigenvalue weighted by Crippen LogP contribution is -2.32. The summed E-state index contributed by atoms with van der Waals surface area (Å²) in [6.45, 7) is 3.91. The molecule has 2 rings (SSSR count). The Hall–Kier alpha value is -2.14. The van der Waals surface area contributed by atoms with E-state index < -0.39 is 0 Å². The summed E-state index contributed by atoms with van der Waals surface area (Å²) in [4.78, 5) is 18.1. The Morgan fingerprint density at radius 3 is 2.81 bits per heavy atom. The van der Waals surface area contributed by atoms with Gasteiger partial charge < -0.3 is 10.6 Å². The van der Waals surface area contributed by atoms with Gasteiger partial charge in [0.2, 0.25) is 5.91 Å². The molecule has 0 spiro atoms. The van der Waals surface area contributed by atoms with Crippen LogP contribution in [0, 0.1) is 0 Å². The van der Waals surface area contributed by atoms with E-state index in [2.05, 4.69) is 34.7 Å². The van der Waals surface area contributed by atoms with Gasteiger partial charge in [0.25, 0.3) is 0 Å². The number of amides is 1. The van der Waals surface area contributed by atoms with Crippen LogP contribution in [0.4, 0.5) is 5.82 Å². The van der Waals surface area contributed by atoms with Gasteiger partial charge in [0.1, 0.15) is 5.82 Å². The number of likely N-dealkylation sites (N-methyl/N-ethyl adjacent to an activating group) is 2. The second-order valence-electron chi connectivity index (χ2n) is 5.06. The van der Waals surface area contributed by atoms with Crippen LogP contribution in [0.2, 0.25) is 0 Å². The average molecular weight is 286 g/mol. The van der Waals surface area contributed by atoms with Crippen molar-refractivity contribution in [1.29, 1.82) is 0 Å². The minimum absolute atomic E-state index is 0.0104. The fourth-order valence-electron chi connectivity index (χ4n) is 2.27. The fraction of sp³-hybridized carbons (Fsp3) is 0.375. The van der Waals surface area contributed by atoms with Gasteiger partial charge in [-0.25, -0.2) is 4.98 Å². The molecule has 2 aromatic rings. The van der Waals surface area contributed by atoms with Crippen molar-refractivity contribution in [2.45, 2.75) is 13.5 Å². The highest BCUT2D eigenvalue weighted by Gasteiger charge is 2.11. The van der Waals surface area contributed by atoms with E-state index in [-0.39, 0.29) is 5.91 Å². The molecule has 0 saturated heterocycles. The predicted octanol–water partition coefficient (Wildman–Crippen LogP) is 1.84. The van der Waals surface area contributed by atoms with Crippen molar-refractivity contribution in [2.24, 2.45) is 0 Å². The standard InChI is InChI=1S/C16H22N4O/c1-4-18-16-13(10-20(3)11-15(21)17-2)9-12-7-5-6-8-14(12)19-16/h5-9H,4,10-11H2,1-3H3,(H,17,21)(H,18,19). The number of nitrogens with zero attached hydrogens (tertiary/aromatic N) is 2. The first-order chi connectivity index (χ1) is 10.1. The summed E-state index contributed by atoms with van der Waals surface area (Å²) in [5.41, 5.74) is 2.08. The fourth-order valence-corrected chi connectivity index (χ4v) is 2.27. The van der Waals surface area contributed by atoms with Crippen molar-refractivity contribution in [3.05, 3.63) is 35.9 Å². The molecule has 21 heavy (non-hydrogen) atoms. The van der Waals surface area contributed by atoms with Crippen LogP contribution < -0.4 is 10.6 Å². The van der Waals surface area contributed by atoms with E-state index in [1.807, 2.05) is 30.1 Å². The first-order valence-electron chi connectivity index (χ1n) is 7.15. The number of benzene rings is 1. The van der Waals surface area contributed by atoms with Gasteiger partial charge in [-0.1, -0.05) is 18.2 Å². The Morgan fingerprint density at radius 1 is 1.33 bits per heavy atom. The van der Waals surface area contributed by atoms with E-state index in [4.69, 9.17) is 0 Å². The van der Waals surface area contributed by atoms with Gasteiger partial charge in [-0.2, -0.15) is 0 Å². The van der Waals surface area contributed by atoms with Gasteiger partial charge in [0, 0.05) is 31.1 Å². The number of nitrogens with one attached hydrogen (secondary N) is 2. The lowest BCUT2D eigenvalue weighted by atomic mass is 10.1. The van der Waals surface area contributed by atoms with E-state index in [1.54, 1.807) is 7.05 Å². The third-order valence-corrected chi connectivity index (χ3v) is 3.28. The number of carbonyl (C=O) groups is 1. The van der Waals surface area contributed by atoms with Gasteiger partial charge in [-0.15, -0.1) is 0 Å². The van der Waals surface area contributed by atoms with Gasteiger partial charge >= 0.3 is 0 Å². The molecular formula is C16H22N4O. The summed E-state index contributed by atoms with van der Waals surface area (Å²) < 4.78 is 0. The number of hydrogen-bond donors (Lipinski definition) is 2. The highest BCUT2D eigenvalue weighted by Crippen LogP contribution is 2.21. The third-order valence-electron chi connectivity index (χ3n) is 3.28. The van der Waals surface area contributed by atoms with E-state index in [0.29, 0.717) is 13.1 Å². The molecule has 0 atom stereocenters. The van der Waals surface area contributed by atoms with E-state index in [9.17, 15) is 4.79 Å². The molecule has 112 valence electrons. The Bertz CT molecular complexity index is 627. The van der Waals surface area contributed by atoms with Crippen LogP contribution in [0.5, 0.6) is 0 Å². The molecule has 1 heterocycles. The van der Waals surface area contributed by atoms with Crippen LogP contribution in [0.1, 0.15) is 12.5 Å². The lowest BCUT2D eigenvalue weighted by Gasteiger charge is -2.18. The monoisotopic (exact) mass is 286 g/mol. The first-order valence-corrected chi connectivity index (χ1v) is 7.15. The van der Waals surface area contributed by atoms with Crippen molar-refractivity contribution < 1.29 is 4.79 Å². The number of fused-ring (bicyclic) bond motifs is 1. The average Bonchev–Trinajstić information content (AvgIpc) is 2.47. The minimum atomic E-state index is 0.0104. The molecule has 5 nitrogen and oxygen atoms in total. The maximum atomic E-state index is 11.5. The summed E-state index contributed by atoms with van der Waals surface area (Å²) in [5, 5.41) is 7.06. The van der Waals surface area contributed by atoms with Crippen LogP contribution in [0.15, 0.2) is 30.3 Å². The molecule has 0 aliphatic heterocycles. The minimum Gasteiger partial charge on any atom is -0.370 e. The quantitative estimate of drug-likeness (QED) is 0.851. The molecule has 1 aromatic heterocycles. The highest BCUT2D eigenvalue weighted by atomic mass is 16.1. The number of pyridine rings is 1. The van der Waals surface area contributed by atoms with Crippen molar-refractivity contribution >= 4 is 22.6 Å². The molecule has 0 saturated carbocycles. The summed E-state index contributed by atoms with van der Waals surface area (Å²) in [7, 11) is 3.58. The Labute approximate surface area is 125 Å². The number of rotatable bonds is 6. The van der Waals surface area contributed by atoms with Crippen LogP contribution in [-0.4, -0.2) is 43.0 Å². The van der Waals surface area contributed by atoms with Crippen LogP contribution in [0.25, 0.3) is 10.9 Å². The maximum Gasteiger partial charge on any atom is 0.233 e. The molecule has 5 heteroatoms. The largest absolute Gasteiger partial charge is 0.370 e. The SMILES string of the molecule is CCNc1nc2ccccc2cc1CN(C)CC(=O)NC. The van der Waals surface area contributed by atoms with Crippen LogP contribution in [-0.2, 0) is 11.3 Å². The molecule has 1 aromatic carbocycles. The van der Waals surface area contributed by atoms with Gasteiger partial charge in [-0.05, 0) is 26.1 Å². The van der Waals surface area contributed by atoms with E-state index >= 15 is 0 Å². The van der Waals surface area contributed by atoms with E-state index in [0.717, 1.165) is 28.8 Å². The molecular weight excluding hydrogens is 264 g/mol. The number of carbonyl (C=O) groups excluding carboxylic acids is 1. The topological polar surface area (TPSA) is 57.3 Å². The number of aromatic nitrogens is 1. The summed E-state index contributed by atoms with van der Waals surface area (Å²) in [5.74, 6) is 0.899. The summed E-state index contributed by atoms with van der Waals surface area (Å²) in [6, 6.07) is 10.2. The molecule has 2 N–H and O–H groups in total. The zero-order valence-corrected chi connectivity index (χ0v) is 12.8. The number of hydrogen-bond acceptors (Lipinski definition) is 4. The smallest absolute Gasteiger partial charge is 0.233 e. The molecule has 0 aliphatic carbocycles. The third kappa shape index (κ3) is 3.92. The molecule has 0 unspecified atom stereocenters. The molecule has 0 fully saturated rings. The Balaban J connectivity index is 2.27. The second kappa shape index (κ2) is 7.04. The number of para-hydroxylation sites is 1. The normalized spacial score (nSPS) is 10.9. The van der Waals surface area contributed by atoms with E-state index in [1.165, 1.54) is 0 Å². The zero-order valence-electron chi connectivity index (χ0n) is 12.8. The Morgan fingerprint density at radius 2 is 2.10 bits per heavy atom. The van der Waals surface area contributed by atoms with Gasteiger partial charge in [0.15, 0.2) is 0 Å². The van der Waals surface area contributed by atoms with Crippen molar-refractivity contribution in [2.75, 3.05) is 32.5 Å². The van der Waals surface area contributed by atoms with Crippen LogP contribution >= 0.6 is 0 Å². The highest BCUT2D eigenvalue weighted by molar-refractivity contribution is 5.81. The van der Waals surface area contributed by atoms with Crippen molar-refractivity contribution in [3.8, 4) is 0 Å². The number of anilines is 1. The van der Waals surface area contributed by atoms with Crippen molar-refractivity contribution in [3.63, 3.8) is 0 Å². The molecule has 0 radical (unpaired) electrons. The maximum absolute atomic E-state index is 11.5. The summed E-state index contributed by atoms with van der Waals surface area (Å²) in [6.07, 6.45) is 0. The Kier molecular flexibility index (Phi) is 5.11. The molecule has 0 bridgehead atoms. The zero-order chi connectivity index (χ0) is 15.2. The summed E-state index contributed by atoms with van der Waals surface area (Å²) >= 11 is 0. The van der Waals surface area contributed by atoms with Crippen molar-refractivity contribution in [1.82, 2.24) is 15.2 Å². The first kappa shape index (κ1) is 15.3. The molecule has 0 aliphatic rings. The van der Waals surface area contributed by atoms with Crippen LogP contribution in [0.3, 0.4) is 0 Å². The second-order valence-corrected chi connectivity index (χ2v) is 5.06.